The van der Waals surface area contributed by atoms with Gasteiger partial charge in [0.1, 0.15) is 10.6 Å². The van der Waals surface area contributed by atoms with E-state index >= 15 is 0 Å². The topological polar surface area (TPSA) is 75.7 Å². The second-order valence-electron chi connectivity index (χ2n) is 5.95. The Kier molecular flexibility index (Phi) is 5.38. The van der Waals surface area contributed by atoms with Crippen LogP contribution in [0.3, 0.4) is 0 Å². The van der Waals surface area contributed by atoms with Gasteiger partial charge in [0.2, 0.25) is 0 Å². The molecule has 0 unspecified atom stereocenters. The summed E-state index contributed by atoms with van der Waals surface area (Å²) < 4.78 is 33.3. The molecule has 138 valence electrons. The Bertz CT molecular complexity index is 925. The molecular weight excluding hydrogens is 376 g/mol. The number of likely N-dealkylation sites (tertiary alicyclic amines) is 1. The predicted octanol–water partition coefficient (Wildman–Crippen LogP) is 3.39. The van der Waals surface area contributed by atoms with Crippen molar-refractivity contribution in [2.75, 3.05) is 24.9 Å². The highest BCUT2D eigenvalue weighted by atomic mass is 35.5. The van der Waals surface area contributed by atoms with Crippen LogP contribution in [0.2, 0.25) is 5.02 Å². The molecule has 2 aromatic carbocycles. The van der Waals surface area contributed by atoms with E-state index < -0.39 is 10.0 Å². The number of para-hydroxylation sites is 2. The highest BCUT2D eigenvalue weighted by Crippen LogP contribution is 2.29. The van der Waals surface area contributed by atoms with Crippen LogP contribution in [0.1, 0.15) is 23.2 Å². The lowest BCUT2D eigenvalue weighted by atomic mass is 10.2. The third-order valence-electron chi connectivity index (χ3n) is 4.21. The minimum absolute atomic E-state index is 0.0466. The standard InChI is InChI=1S/C18H19ClN2O4S/c1-25-16-7-3-2-6-15(16)20-26(23,24)17-12-13(8-9-14(17)19)18(22)21-10-4-5-11-21/h2-3,6-9,12,20H,4-5,10-11H2,1H3. The number of benzene rings is 2. The molecule has 1 amide bonds. The molecule has 1 fully saturated rings. The summed E-state index contributed by atoms with van der Waals surface area (Å²) in [6.07, 6.45) is 1.92. The number of rotatable bonds is 5. The van der Waals surface area contributed by atoms with Crippen LogP contribution in [-0.2, 0) is 10.0 Å². The molecule has 6 nitrogen and oxygen atoms in total. The molecule has 1 N–H and O–H groups in total. The van der Waals surface area contributed by atoms with Gasteiger partial charge >= 0.3 is 0 Å². The van der Waals surface area contributed by atoms with E-state index in [-0.39, 0.29) is 15.8 Å². The molecule has 0 saturated carbocycles. The fraction of sp³-hybridized carbons (Fsp3) is 0.278. The summed E-state index contributed by atoms with van der Waals surface area (Å²) in [5.41, 5.74) is 0.596. The summed E-state index contributed by atoms with van der Waals surface area (Å²) in [6.45, 7) is 1.37. The molecule has 0 bridgehead atoms. The molecule has 1 aliphatic heterocycles. The third-order valence-corrected chi connectivity index (χ3v) is 6.06. The van der Waals surface area contributed by atoms with Gasteiger partial charge in [0.25, 0.3) is 15.9 Å². The summed E-state index contributed by atoms with van der Waals surface area (Å²) in [4.78, 5) is 14.1. The van der Waals surface area contributed by atoms with Crippen LogP contribution >= 0.6 is 11.6 Å². The van der Waals surface area contributed by atoms with E-state index in [0.29, 0.717) is 30.1 Å². The van der Waals surface area contributed by atoms with E-state index in [2.05, 4.69) is 4.72 Å². The van der Waals surface area contributed by atoms with Gasteiger partial charge < -0.3 is 9.64 Å². The fourth-order valence-electron chi connectivity index (χ4n) is 2.87. The first-order valence-electron chi connectivity index (χ1n) is 8.17. The maximum Gasteiger partial charge on any atom is 0.263 e. The van der Waals surface area contributed by atoms with Crippen molar-refractivity contribution in [3.8, 4) is 5.75 Å². The summed E-state index contributed by atoms with van der Waals surface area (Å²) in [5, 5.41) is 0.0466. The van der Waals surface area contributed by atoms with E-state index in [1.807, 2.05) is 0 Å². The number of carbonyl (C=O) groups excluding carboxylic acids is 1. The number of halogens is 1. The van der Waals surface area contributed by atoms with Gasteiger partial charge in [-0.1, -0.05) is 23.7 Å². The number of anilines is 1. The van der Waals surface area contributed by atoms with Crippen molar-refractivity contribution in [2.24, 2.45) is 0 Å². The Morgan fingerprint density at radius 2 is 1.85 bits per heavy atom. The maximum absolute atomic E-state index is 12.8. The van der Waals surface area contributed by atoms with Crippen LogP contribution in [0.15, 0.2) is 47.4 Å². The van der Waals surface area contributed by atoms with E-state index in [1.165, 1.54) is 19.2 Å². The monoisotopic (exact) mass is 394 g/mol. The predicted molar refractivity (Wildman–Crippen MR) is 100 cm³/mol. The summed E-state index contributed by atoms with van der Waals surface area (Å²) in [7, 11) is -2.54. The number of ether oxygens (including phenoxy) is 1. The smallest absolute Gasteiger partial charge is 0.263 e. The van der Waals surface area contributed by atoms with Gasteiger partial charge in [0, 0.05) is 18.7 Å². The molecule has 0 aliphatic carbocycles. The van der Waals surface area contributed by atoms with Gasteiger partial charge in [0.15, 0.2) is 0 Å². The highest BCUT2D eigenvalue weighted by Gasteiger charge is 2.24. The van der Waals surface area contributed by atoms with Crippen molar-refractivity contribution in [2.45, 2.75) is 17.7 Å². The maximum atomic E-state index is 12.8. The Hall–Kier alpha value is -2.25. The number of nitrogens with zero attached hydrogens (tertiary/aromatic N) is 1. The summed E-state index contributed by atoms with van der Waals surface area (Å²) in [6, 6.07) is 11.0. The fourth-order valence-corrected chi connectivity index (χ4v) is 4.47. The molecule has 1 saturated heterocycles. The number of amides is 1. The Morgan fingerprint density at radius 3 is 2.54 bits per heavy atom. The van der Waals surface area contributed by atoms with Gasteiger partial charge in [-0.25, -0.2) is 8.42 Å². The van der Waals surface area contributed by atoms with Crippen LogP contribution < -0.4 is 9.46 Å². The Morgan fingerprint density at radius 1 is 1.15 bits per heavy atom. The number of sulfonamides is 1. The van der Waals surface area contributed by atoms with Crippen molar-refractivity contribution < 1.29 is 17.9 Å². The number of methoxy groups -OCH3 is 1. The van der Waals surface area contributed by atoms with E-state index in [9.17, 15) is 13.2 Å². The molecule has 2 aromatic rings. The van der Waals surface area contributed by atoms with Crippen LogP contribution in [0.25, 0.3) is 0 Å². The summed E-state index contributed by atoms with van der Waals surface area (Å²) >= 11 is 6.11. The zero-order valence-electron chi connectivity index (χ0n) is 14.2. The van der Waals surface area contributed by atoms with Gasteiger partial charge in [-0.15, -0.1) is 0 Å². The zero-order chi connectivity index (χ0) is 18.7. The van der Waals surface area contributed by atoms with Crippen LogP contribution in [0.4, 0.5) is 5.69 Å². The Balaban J connectivity index is 1.94. The van der Waals surface area contributed by atoms with Crippen molar-refractivity contribution >= 4 is 33.2 Å². The molecule has 0 spiro atoms. The third kappa shape index (κ3) is 3.78. The highest BCUT2D eigenvalue weighted by molar-refractivity contribution is 7.92. The number of hydrogen-bond donors (Lipinski definition) is 1. The number of carbonyl (C=O) groups is 1. The lowest BCUT2D eigenvalue weighted by Crippen LogP contribution is -2.27. The second-order valence-corrected chi connectivity index (χ2v) is 8.01. The molecular formula is C18H19ClN2O4S. The molecule has 1 heterocycles. The van der Waals surface area contributed by atoms with E-state index in [4.69, 9.17) is 16.3 Å². The van der Waals surface area contributed by atoms with Gasteiger partial charge in [-0.05, 0) is 43.2 Å². The van der Waals surface area contributed by atoms with Crippen LogP contribution in [0, 0.1) is 0 Å². The molecule has 0 radical (unpaired) electrons. The lowest BCUT2D eigenvalue weighted by molar-refractivity contribution is 0.0792. The first kappa shape index (κ1) is 18.5. The second kappa shape index (κ2) is 7.55. The first-order chi connectivity index (χ1) is 12.4. The van der Waals surface area contributed by atoms with Crippen LogP contribution in [-0.4, -0.2) is 39.4 Å². The molecule has 26 heavy (non-hydrogen) atoms. The quantitative estimate of drug-likeness (QED) is 0.843. The largest absolute Gasteiger partial charge is 0.495 e. The molecule has 0 aromatic heterocycles. The normalized spacial score (nSPS) is 14.3. The number of hydrogen-bond acceptors (Lipinski definition) is 4. The molecule has 3 rings (SSSR count). The minimum atomic E-state index is -3.99. The molecule has 1 aliphatic rings. The summed E-state index contributed by atoms with van der Waals surface area (Å²) in [5.74, 6) is 0.199. The SMILES string of the molecule is COc1ccccc1NS(=O)(=O)c1cc(C(=O)N2CCCC2)ccc1Cl. The average Bonchev–Trinajstić information content (AvgIpc) is 3.16. The van der Waals surface area contributed by atoms with Gasteiger partial charge in [-0.2, -0.15) is 0 Å². The molecule has 0 atom stereocenters. The van der Waals surface area contributed by atoms with Gasteiger partial charge in [0.05, 0.1) is 17.8 Å². The van der Waals surface area contributed by atoms with E-state index in [1.54, 1.807) is 35.2 Å². The first-order valence-corrected chi connectivity index (χ1v) is 10.0. The van der Waals surface area contributed by atoms with Crippen molar-refractivity contribution in [1.82, 2.24) is 4.90 Å². The van der Waals surface area contributed by atoms with Crippen molar-refractivity contribution in [3.05, 3.63) is 53.1 Å². The Labute approximate surface area is 157 Å². The number of nitrogens with one attached hydrogen (secondary N) is 1. The van der Waals surface area contributed by atoms with E-state index in [0.717, 1.165) is 12.8 Å². The molecule has 8 heteroatoms. The van der Waals surface area contributed by atoms with Crippen molar-refractivity contribution in [3.63, 3.8) is 0 Å². The van der Waals surface area contributed by atoms with Crippen molar-refractivity contribution in [1.29, 1.82) is 0 Å². The lowest BCUT2D eigenvalue weighted by Gasteiger charge is -2.17. The minimum Gasteiger partial charge on any atom is -0.495 e. The van der Waals surface area contributed by atoms with Gasteiger partial charge in [-0.3, -0.25) is 9.52 Å². The van der Waals surface area contributed by atoms with Crippen LogP contribution in [0.5, 0.6) is 5.75 Å². The average molecular weight is 395 g/mol. The zero-order valence-corrected chi connectivity index (χ0v) is 15.8.